The zero-order valence-corrected chi connectivity index (χ0v) is 13.3. The van der Waals surface area contributed by atoms with E-state index in [4.69, 9.17) is 0 Å². The van der Waals surface area contributed by atoms with Gasteiger partial charge in [-0.15, -0.1) is 11.3 Å². The fourth-order valence-corrected chi connectivity index (χ4v) is 3.10. The number of nitrogens with one attached hydrogen (secondary N) is 1. The van der Waals surface area contributed by atoms with E-state index in [2.05, 4.69) is 29.5 Å². The van der Waals surface area contributed by atoms with Gasteiger partial charge in [-0.2, -0.15) is 5.10 Å². The molecule has 0 atom stereocenters. The van der Waals surface area contributed by atoms with E-state index >= 15 is 0 Å². The quantitative estimate of drug-likeness (QED) is 0.920. The minimum atomic E-state index is 0.0960. The molecule has 20 heavy (non-hydrogen) atoms. The highest BCUT2D eigenvalue weighted by molar-refractivity contribution is 7.11. The first kappa shape index (κ1) is 14.8. The lowest BCUT2D eigenvalue weighted by molar-refractivity contribution is -0.121. The fourth-order valence-electron chi connectivity index (χ4n) is 2.27. The summed E-state index contributed by atoms with van der Waals surface area (Å²) in [7, 11) is 1.94. The van der Waals surface area contributed by atoms with Crippen molar-refractivity contribution in [3.8, 4) is 0 Å². The molecule has 0 aromatic carbocycles. The van der Waals surface area contributed by atoms with Crippen LogP contribution in [0.5, 0.6) is 0 Å². The molecule has 0 saturated carbocycles. The minimum Gasteiger partial charge on any atom is -0.351 e. The van der Waals surface area contributed by atoms with Crippen LogP contribution in [0.25, 0.3) is 0 Å². The van der Waals surface area contributed by atoms with E-state index in [9.17, 15) is 4.79 Å². The van der Waals surface area contributed by atoms with Gasteiger partial charge in [-0.3, -0.25) is 9.48 Å². The standard InChI is InChI=1S/C15H21N3OS/c1-10-5-6-13(20-10)9-16-15(19)8-7-14-11(2)17-18(4)12(14)3/h5-6H,7-9H2,1-4H3,(H,16,19). The molecule has 0 bridgehead atoms. The van der Waals surface area contributed by atoms with Crippen LogP contribution in [-0.2, 0) is 24.8 Å². The van der Waals surface area contributed by atoms with Gasteiger partial charge in [0.25, 0.3) is 0 Å². The van der Waals surface area contributed by atoms with Crippen LogP contribution in [0.3, 0.4) is 0 Å². The lowest BCUT2D eigenvalue weighted by Gasteiger charge is -2.04. The number of carbonyl (C=O) groups is 1. The maximum atomic E-state index is 11.9. The number of amides is 1. The highest BCUT2D eigenvalue weighted by Crippen LogP contribution is 2.15. The summed E-state index contributed by atoms with van der Waals surface area (Å²) in [5, 5.41) is 7.34. The third-order valence-electron chi connectivity index (χ3n) is 3.52. The molecule has 0 aliphatic rings. The topological polar surface area (TPSA) is 46.9 Å². The molecule has 1 amide bonds. The van der Waals surface area contributed by atoms with E-state index in [1.165, 1.54) is 15.3 Å². The van der Waals surface area contributed by atoms with Crippen LogP contribution in [0.1, 0.15) is 33.1 Å². The summed E-state index contributed by atoms with van der Waals surface area (Å²) >= 11 is 1.72. The Bertz CT molecular complexity index is 613. The van der Waals surface area contributed by atoms with Crippen LogP contribution in [0, 0.1) is 20.8 Å². The Balaban J connectivity index is 1.83. The van der Waals surface area contributed by atoms with E-state index in [1.807, 2.05) is 25.6 Å². The molecule has 0 fully saturated rings. The summed E-state index contributed by atoms with van der Waals surface area (Å²) in [6, 6.07) is 4.14. The van der Waals surface area contributed by atoms with Crippen molar-refractivity contribution in [1.82, 2.24) is 15.1 Å². The lowest BCUT2D eigenvalue weighted by atomic mass is 10.1. The molecule has 2 aromatic heterocycles. The number of hydrogen-bond acceptors (Lipinski definition) is 3. The van der Waals surface area contributed by atoms with E-state index in [0.717, 1.165) is 17.8 Å². The molecule has 0 radical (unpaired) electrons. The summed E-state index contributed by atoms with van der Waals surface area (Å²) in [6.45, 7) is 6.74. The van der Waals surface area contributed by atoms with E-state index in [0.29, 0.717) is 13.0 Å². The number of carbonyl (C=O) groups excluding carboxylic acids is 1. The van der Waals surface area contributed by atoms with Gasteiger partial charge in [0.15, 0.2) is 0 Å². The Hall–Kier alpha value is -1.62. The van der Waals surface area contributed by atoms with Crippen LogP contribution < -0.4 is 5.32 Å². The van der Waals surface area contributed by atoms with Crippen LogP contribution in [0.15, 0.2) is 12.1 Å². The summed E-state index contributed by atoms with van der Waals surface area (Å²) in [6.07, 6.45) is 1.26. The summed E-state index contributed by atoms with van der Waals surface area (Å²) in [4.78, 5) is 14.4. The van der Waals surface area contributed by atoms with Gasteiger partial charge in [0.05, 0.1) is 12.2 Å². The number of aromatic nitrogens is 2. The van der Waals surface area contributed by atoms with Crippen LogP contribution >= 0.6 is 11.3 Å². The molecule has 0 unspecified atom stereocenters. The van der Waals surface area contributed by atoms with Crippen molar-refractivity contribution in [2.75, 3.05) is 0 Å². The number of rotatable bonds is 5. The van der Waals surface area contributed by atoms with Crippen LogP contribution in [-0.4, -0.2) is 15.7 Å². The summed E-state index contributed by atoms with van der Waals surface area (Å²) < 4.78 is 1.87. The van der Waals surface area contributed by atoms with Crippen molar-refractivity contribution >= 4 is 17.2 Å². The first-order valence-electron chi connectivity index (χ1n) is 6.78. The predicted octanol–water partition coefficient (Wildman–Crippen LogP) is 2.66. The second-order valence-electron chi connectivity index (χ2n) is 5.06. The Morgan fingerprint density at radius 3 is 2.65 bits per heavy atom. The number of hydrogen-bond donors (Lipinski definition) is 1. The smallest absolute Gasteiger partial charge is 0.220 e. The van der Waals surface area contributed by atoms with Crippen molar-refractivity contribution in [2.24, 2.45) is 7.05 Å². The first-order chi connectivity index (χ1) is 9.47. The zero-order chi connectivity index (χ0) is 14.7. The molecule has 4 nitrogen and oxygen atoms in total. The van der Waals surface area contributed by atoms with Gasteiger partial charge in [-0.1, -0.05) is 0 Å². The van der Waals surface area contributed by atoms with Crippen molar-refractivity contribution in [2.45, 2.75) is 40.2 Å². The Kier molecular flexibility index (Phi) is 4.60. The average molecular weight is 291 g/mol. The molecule has 0 spiro atoms. The number of thiophene rings is 1. The molecular weight excluding hydrogens is 270 g/mol. The molecule has 108 valence electrons. The normalized spacial score (nSPS) is 10.8. The van der Waals surface area contributed by atoms with E-state index in [-0.39, 0.29) is 5.91 Å². The van der Waals surface area contributed by atoms with Gasteiger partial charge in [0.1, 0.15) is 0 Å². The molecular formula is C15H21N3OS. The van der Waals surface area contributed by atoms with Gasteiger partial charge in [0, 0.05) is 28.9 Å². The largest absolute Gasteiger partial charge is 0.351 e. The lowest BCUT2D eigenvalue weighted by Crippen LogP contribution is -2.22. The van der Waals surface area contributed by atoms with E-state index < -0.39 is 0 Å². The molecule has 0 aliphatic heterocycles. The molecule has 0 saturated heterocycles. The summed E-state index contributed by atoms with van der Waals surface area (Å²) in [5.74, 6) is 0.0960. The second kappa shape index (κ2) is 6.22. The highest BCUT2D eigenvalue weighted by Gasteiger charge is 2.11. The molecule has 0 aliphatic carbocycles. The van der Waals surface area contributed by atoms with Crippen LogP contribution in [0.2, 0.25) is 0 Å². The summed E-state index contributed by atoms with van der Waals surface area (Å²) in [5.41, 5.74) is 3.35. The maximum Gasteiger partial charge on any atom is 0.220 e. The van der Waals surface area contributed by atoms with Gasteiger partial charge < -0.3 is 5.32 Å². The fraction of sp³-hybridized carbons (Fsp3) is 0.467. The van der Waals surface area contributed by atoms with Gasteiger partial charge in [-0.05, 0) is 44.9 Å². The molecule has 1 N–H and O–H groups in total. The Morgan fingerprint density at radius 1 is 1.35 bits per heavy atom. The predicted molar refractivity (Wildman–Crippen MR) is 81.9 cm³/mol. The van der Waals surface area contributed by atoms with Crippen LogP contribution in [0.4, 0.5) is 0 Å². The Labute approximate surface area is 123 Å². The zero-order valence-electron chi connectivity index (χ0n) is 12.5. The molecule has 2 heterocycles. The van der Waals surface area contributed by atoms with E-state index in [1.54, 1.807) is 11.3 Å². The van der Waals surface area contributed by atoms with Gasteiger partial charge >= 0.3 is 0 Å². The number of nitrogens with zero attached hydrogens (tertiary/aromatic N) is 2. The van der Waals surface area contributed by atoms with Gasteiger partial charge in [0.2, 0.25) is 5.91 Å². The molecule has 5 heteroatoms. The third kappa shape index (κ3) is 3.48. The molecule has 2 rings (SSSR count). The monoisotopic (exact) mass is 291 g/mol. The molecule has 2 aromatic rings. The van der Waals surface area contributed by atoms with Crippen molar-refractivity contribution in [3.05, 3.63) is 38.8 Å². The van der Waals surface area contributed by atoms with Crippen molar-refractivity contribution in [1.29, 1.82) is 0 Å². The number of aryl methyl sites for hydroxylation is 3. The first-order valence-corrected chi connectivity index (χ1v) is 7.60. The highest BCUT2D eigenvalue weighted by atomic mass is 32.1. The maximum absolute atomic E-state index is 11.9. The SMILES string of the molecule is Cc1ccc(CNC(=O)CCc2c(C)nn(C)c2C)s1. The Morgan fingerprint density at radius 2 is 2.10 bits per heavy atom. The van der Waals surface area contributed by atoms with Crippen molar-refractivity contribution in [3.63, 3.8) is 0 Å². The van der Waals surface area contributed by atoms with Crippen molar-refractivity contribution < 1.29 is 4.79 Å². The second-order valence-corrected chi connectivity index (χ2v) is 6.43. The third-order valence-corrected chi connectivity index (χ3v) is 4.52. The van der Waals surface area contributed by atoms with Gasteiger partial charge in [-0.25, -0.2) is 0 Å². The minimum absolute atomic E-state index is 0.0960. The average Bonchev–Trinajstić information content (AvgIpc) is 2.91.